The molecule has 0 aliphatic heterocycles. The minimum atomic E-state index is 0.657. The number of aromatic nitrogens is 3. The molecule has 3 nitrogen and oxygen atoms in total. The van der Waals surface area contributed by atoms with E-state index in [2.05, 4.69) is 164 Å². The monoisotopic (exact) mass is 641 g/mol. The first-order valence-corrected chi connectivity index (χ1v) is 17.2. The van der Waals surface area contributed by atoms with E-state index in [1.54, 1.807) is 11.3 Å². The van der Waals surface area contributed by atoms with Crippen LogP contribution in [0.4, 0.5) is 0 Å². The number of hydrogen-bond donors (Lipinski definition) is 0. The molecule has 49 heavy (non-hydrogen) atoms. The van der Waals surface area contributed by atoms with Crippen LogP contribution in [-0.2, 0) is 0 Å². The summed E-state index contributed by atoms with van der Waals surface area (Å²) < 4.78 is 2.44. The summed E-state index contributed by atoms with van der Waals surface area (Å²) in [6.07, 6.45) is 0. The Hall–Kier alpha value is -6.23. The Morgan fingerprint density at radius 3 is 1.47 bits per heavy atom. The summed E-state index contributed by atoms with van der Waals surface area (Å²) in [7, 11) is 0. The van der Waals surface area contributed by atoms with Crippen LogP contribution in [-0.4, -0.2) is 15.0 Å². The Morgan fingerprint density at radius 2 is 0.796 bits per heavy atom. The van der Waals surface area contributed by atoms with Crippen molar-refractivity contribution in [3.63, 3.8) is 0 Å². The van der Waals surface area contributed by atoms with Crippen LogP contribution < -0.4 is 0 Å². The lowest BCUT2D eigenvalue weighted by atomic mass is 9.98. The van der Waals surface area contributed by atoms with E-state index < -0.39 is 0 Å². The zero-order valence-electron chi connectivity index (χ0n) is 26.3. The zero-order valence-corrected chi connectivity index (χ0v) is 27.2. The summed E-state index contributed by atoms with van der Waals surface area (Å²) in [5, 5.41) is 9.62. The van der Waals surface area contributed by atoms with Crippen molar-refractivity contribution in [3.05, 3.63) is 164 Å². The lowest BCUT2D eigenvalue weighted by Crippen LogP contribution is -2.00. The van der Waals surface area contributed by atoms with Crippen molar-refractivity contribution in [2.75, 3.05) is 0 Å². The van der Waals surface area contributed by atoms with Crippen molar-refractivity contribution < 1.29 is 0 Å². The summed E-state index contributed by atoms with van der Waals surface area (Å²) in [6.45, 7) is 0. The van der Waals surface area contributed by atoms with E-state index in [0.29, 0.717) is 17.5 Å². The second kappa shape index (κ2) is 11.2. The van der Waals surface area contributed by atoms with Crippen LogP contribution in [0.2, 0.25) is 0 Å². The first-order valence-electron chi connectivity index (χ1n) is 16.4. The molecule has 0 amide bonds. The number of nitrogens with zero attached hydrogens (tertiary/aromatic N) is 3. The first kappa shape index (κ1) is 27.8. The highest BCUT2D eigenvalue weighted by molar-refractivity contribution is 7.26. The maximum absolute atomic E-state index is 5.19. The summed E-state index contributed by atoms with van der Waals surface area (Å²) in [4.78, 5) is 15.5. The number of hydrogen-bond acceptors (Lipinski definition) is 4. The molecule has 0 bridgehead atoms. The predicted octanol–water partition coefficient (Wildman–Crippen LogP) is 12.4. The Labute approximate surface area is 286 Å². The highest BCUT2D eigenvalue weighted by Crippen LogP contribution is 2.40. The van der Waals surface area contributed by atoms with Crippen LogP contribution >= 0.6 is 11.3 Å². The van der Waals surface area contributed by atoms with Gasteiger partial charge in [-0.1, -0.05) is 127 Å². The van der Waals surface area contributed by atoms with Crippen LogP contribution in [0, 0.1) is 0 Å². The van der Waals surface area contributed by atoms with E-state index in [9.17, 15) is 0 Å². The Bertz CT molecular complexity index is 2900. The normalized spacial score (nSPS) is 11.7. The fraction of sp³-hybridized carbons (Fsp3) is 0. The molecule has 4 heteroatoms. The van der Waals surface area contributed by atoms with E-state index in [4.69, 9.17) is 15.0 Å². The summed E-state index contributed by atoms with van der Waals surface area (Å²) in [5.41, 5.74) is 5.32. The van der Waals surface area contributed by atoms with E-state index in [0.717, 1.165) is 27.5 Å². The third-order valence-electron chi connectivity index (χ3n) is 9.47. The smallest absolute Gasteiger partial charge is 0.165 e. The van der Waals surface area contributed by atoms with Crippen molar-refractivity contribution in [3.8, 4) is 45.3 Å². The van der Waals surface area contributed by atoms with Crippen LogP contribution in [0.5, 0.6) is 0 Å². The van der Waals surface area contributed by atoms with Gasteiger partial charge in [-0.05, 0) is 79.8 Å². The van der Waals surface area contributed by atoms with Crippen molar-refractivity contribution in [2.45, 2.75) is 0 Å². The molecule has 0 spiro atoms. The van der Waals surface area contributed by atoms with Gasteiger partial charge in [-0.15, -0.1) is 11.3 Å². The fourth-order valence-corrected chi connectivity index (χ4v) is 8.15. The highest BCUT2D eigenvalue weighted by atomic mass is 32.1. The predicted molar refractivity (Wildman–Crippen MR) is 207 cm³/mol. The molecule has 0 atom stereocenters. The van der Waals surface area contributed by atoms with Crippen molar-refractivity contribution >= 4 is 63.8 Å². The van der Waals surface area contributed by atoms with E-state index in [1.165, 1.54) is 52.8 Å². The average Bonchev–Trinajstić information content (AvgIpc) is 3.56. The third-order valence-corrected chi connectivity index (χ3v) is 10.7. The molecule has 228 valence electrons. The lowest BCUT2D eigenvalue weighted by Gasteiger charge is -2.11. The molecule has 0 aliphatic carbocycles. The minimum Gasteiger partial charge on any atom is -0.208 e. The van der Waals surface area contributed by atoms with Crippen LogP contribution in [0.25, 0.3) is 97.8 Å². The summed E-state index contributed by atoms with van der Waals surface area (Å²) in [5.74, 6) is 1.99. The molecule has 2 heterocycles. The molecule has 10 rings (SSSR count). The number of benzene rings is 8. The molecule has 8 aromatic carbocycles. The topological polar surface area (TPSA) is 38.7 Å². The molecule has 0 saturated heterocycles. The zero-order chi connectivity index (χ0) is 32.3. The molecule has 2 aromatic heterocycles. The molecular weight excluding hydrogens is 615 g/mol. The van der Waals surface area contributed by atoms with Crippen molar-refractivity contribution in [2.24, 2.45) is 0 Å². The van der Waals surface area contributed by atoms with Gasteiger partial charge in [0.25, 0.3) is 0 Å². The average molecular weight is 642 g/mol. The standard InChI is InChI=1S/C45H27N3S/c1-3-10-31-24-33(20-16-28(31)8-1)34-21-17-30-19-23-36(27-37(30)26-34)44-46-43(35-22-18-29-9-2-4-11-32(29)25-35)47-45(48-44)40-14-7-13-39-38-12-5-6-15-41(38)49-42(39)40/h1-27H. The number of thiophene rings is 1. The number of rotatable bonds is 4. The molecule has 0 N–H and O–H groups in total. The van der Waals surface area contributed by atoms with Gasteiger partial charge in [0.1, 0.15) is 0 Å². The second-order valence-electron chi connectivity index (χ2n) is 12.5. The lowest BCUT2D eigenvalue weighted by molar-refractivity contribution is 1.08. The van der Waals surface area contributed by atoms with Gasteiger partial charge in [-0.3, -0.25) is 0 Å². The van der Waals surface area contributed by atoms with Gasteiger partial charge in [0.2, 0.25) is 0 Å². The minimum absolute atomic E-state index is 0.657. The van der Waals surface area contributed by atoms with Crippen molar-refractivity contribution in [1.82, 2.24) is 15.0 Å². The van der Waals surface area contributed by atoms with Crippen LogP contribution in [0.15, 0.2) is 164 Å². The third kappa shape index (κ3) is 4.85. The van der Waals surface area contributed by atoms with Gasteiger partial charge >= 0.3 is 0 Å². The SMILES string of the molecule is c1ccc2cc(-c3ccc4ccc(-c5nc(-c6ccc7ccccc7c6)nc(-c6cccc7c6sc6ccccc67)n5)cc4c3)ccc2c1. The van der Waals surface area contributed by atoms with Gasteiger partial charge < -0.3 is 0 Å². The molecule has 0 unspecified atom stereocenters. The number of fused-ring (bicyclic) bond motifs is 6. The van der Waals surface area contributed by atoms with Crippen molar-refractivity contribution in [1.29, 1.82) is 0 Å². The van der Waals surface area contributed by atoms with E-state index >= 15 is 0 Å². The van der Waals surface area contributed by atoms with Crippen LogP contribution in [0.3, 0.4) is 0 Å². The molecule has 0 radical (unpaired) electrons. The maximum Gasteiger partial charge on any atom is 0.165 e. The molecule has 10 aromatic rings. The fourth-order valence-electron chi connectivity index (χ4n) is 6.94. The molecule has 0 aliphatic rings. The highest BCUT2D eigenvalue weighted by Gasteiger charge is 2.17. The molecule has 0 saturated carbocycles. The van der Waals surface area contributed by atoms with Gasteiger partial charge in [0, 0.05) is 36.9 Å². The van der Waals surface area contributed by atoms with Gasteiger partial charge in [-0.2, -0.15) is 0 Å². The van der Waals surface area contributed by atoms with Gasteiger partial charge in [0.15, 0.2) is 17.5 Å². The quantitative estimate of drug-likeness (QED) is 0.192. The summed E-state index contributed by atoms with van der Waals surface area (Å²) >= 11 is 1.79. The maximum atomic E-state index is 5.19. The Morgan fingerprint density at radius 1 is 0.327 bits per heavy atom. The van der Waals surface area contributed by atoms with E-state index in [-0.39, 0.29) is 0 Å². The first-order chi connectivity index (χ1) is 24.2. The Balaban J connectivity index is 1.16. The van der Waals surface area contributed by atoms with Gasteiger partial charge in [0.05, 0.1) is 0 Å². The van der Waals surface area contributed by atoms with Crippen LogP contribution in [0.1, 0.15) is 0 Å². The van der Waals surface area contributed by atoms with E-state index in [1.807, 2.05) is 0 Å². The second-order valence-corrected chi connectivity index (χ2v) is 13.5. The largest absolute Gasteiger partial charge is 0.208 e. The van der Waals surface area contributed by atoms with Gasteiger partial charge in [-0.25, -0.2) is 15.0 Å². The Kier molecular flexibility index (Phi) is 6.36. The summed E-state index contributed by atoms with van der Waals surface area (Å²) in [6, 6.07) is 58.2. The molecule has 0 fully saturated rings. The molecular formula is C45H27N3S.